The van der Waals surface area contributed by atoms with Gasteiger partial charge in [0.2, 0.25) is 17.5 Å². The van der Waals surface area contributed by atoms with E-state index in [-0.39, 0.29) is 17.9 Å². The summed E-state index contributed by atoms with van der Waals surface area (Å²) in [6.07, 6.45) is 5.15. The Labute approximate surface area is 197 Å². The molecule has 3 aromatic rings. The van der Waals surface area contributed by atoms with Gasteiger partial charge in [-0.1, -0.05) is 12.1 Å². The molecule has 1 aromatic carbocycles. The molecule has 1 fully saturated rings. The molecule has 34 heavy (non-hydrogen) atoms. The Kier molecular flexibility index (Phi) is 5.32. The summed E-state index contributed by atoms with van der Waals surface area (Å²) in [5, 5.41) is 25.9. The van der Waals surface area contributed by atoms with Crippen LogP contribution in [0.3, 0.4) is 0 Å². The first-order valence-electron chi connectivity index (χ1n) is 11.4. The number of hydrogen-bond acceptors (Lipinski definition) is 5. The summed E-state index contributed by atoms with van der Waals surface area (Å²) in [6.45, 7) is 3.30. The van der Waals surface area contributed by atoms with Gasteiger partial charge in [0.25, 0.3) is 0 Å². The quantitative estimate of drug-likeness (QED) is 0.347. The van der Waals surface area contributed by atoms with E-state index in [0.717, 1.165) is 23.1 Å². The van der Waals surface area contributed by atoms with Crippen molar-refractivity contribution >= 4 is 23.3 Å². The third kappa shape index (κ3) is 4.12. The SMILES string of the molecule is CC(C)(O)c1cc[n+]([O-])c(-c2cccc(N3C(=O)C(C(=O)NC4CC4)Cc4cccnc43)c2)c1. The van der Waals surface area contributed by atoms with E-state index in [0.29, 0.717) is 34.7 Å². The molecule has 2 N–H and O–H groups in total. The minimum Gasteiger partial charge on any atom is -0.618 e. The average molecular weight is 459 g/mol. The standard InChI is InChI=1S/C26H26N4O4/c1-26(2,33)18-10-12-29(34)22(15-18)16-5-3-7-20(13-16)30-23-17(6-4-11-27-23)14-21(25(30)32)24(31)28-19-8-9-19/h3-7,10-13,15,19,21,33H,8-9,14H2,1-2H3,(H,28,31). The smallest absolute Gasteiger partial charge is 0.245 e. The van der Waals surface area contributed by atoms with Crippen LogP contribution in [0, 0.1) is 11.1 Å². The van der Waals surface area contributed by atoms with Crippen LogP contribution in [0.15, 0.2) is 60.9 Å². The molecule has 0 bridgehead atoms. The lowest BCUT2D eigenvalue weighted by molar-refractivity contribution is -0.593. The number of aliphatic hydroxyl groups is 1. The molecular weight excluding hydrogens is 432 g/mol. The van der Waals surface area contributed by atoms with Crippen molar-refractivity contribution in [2.24, 2.45) is 5.92 Å². The maximum Gasteiger partial charge on any atom is 0.245 e. The van der Waals surface area contributed by atoms with Gasteiger partial charge in [0.15, 0.2) is 6.20 Å². The predicted molar refractivity (Wildman–Crippen MR) is 126 cm³/mol. The molecule has 0 spiro atoms. The van der Waals surface area contributed by atoms with Crippen LogP contribution in [0.2, 0.25) is 0 Å². The molecule has 2 aliphatic rings. The number of rotatable bonds is 5. The molecule has 174 valence electrons. The number of pyridine rings is 2. The Bertz CT molecular complexity index is 1280. The monoisotopic (exact) mass is 458 g/mol. The van der Waals surface area contributed by atoms with Crippen molar-refractivity contribution in [1.82, 2.24) is 10.3 Å². The number of anilines is 2. The fraction of sp³-hybridized carbons (Fsp3) is 0.308. The summed E-state index contributed by atoms with van der Waals surface area (Å²) in [5.41, 5.74) is 1.72. The van der Waals surface area contributed by atoms with E-state index in [1.54, 1.807) is 62.5 Å². The number of hydrogen-bond donors (Lipinski definition) is 2. The van der Waals surface area contributed by atoms with E-state index in [2.05, 4.69) is 10.3 Å². The van der Waals surface area contributed by atoms with Crippen molar-refractivity contribution in [3.8, 4) is 11.3 Å². The molecule has 8 heteroatoms. The van der Waals surface area contributed by atoms with E-state index in [1.807, 2.05) is 6.07 Å². The highest BCUT2D eigenvalue weighted by Gasteiger charge is 2.40. The third-order valence-electron chi connectivity index (χ3n) is 6.29. The summed E-state index contributed by atoms with van der Waals surface area (Å²) >= 11 is 0. The zero-order valence-corrected chi connectivity index (χ0v) is 19.1. The van der Waals surface area contributed by atoms with Crippen LogP contribution in [0.5, 0.6) is 0 Å². The van der Waals surface area contributed by atoms with Gasteiger partial charge < -0.3 is 15.6 Å². The van der Waals surface area contributed by atoms with E-state index >= 15 is 0 Å². The van der Waals surface area contributed by atoms with Gasteiger partial charge in [-0.2, -0.15) is 4.73 Å². The highest BCUT2D eigenvalue weighted by Crippen LogP contribution is 2.37. The van der Waals surface area contributed by atoms with Crippen LogP contribution in [0.4, 0.5) is 11.5 Å². The molecule has 1 unspecified atom stereocenters. The Morgan fingerprint density at radius 2 is 2.00 bits per heavy atom. The molecule has 2 amide bonds. The summed E-state index contributed by atoms with van der Waals surface area (Å²) in [7, 11) is 0. The van der Waals surface area contributed by atoms with Crippen LogP contribution in [0.25, 0.3) is 11.3 Å². The number of amides is 2. The zero-order valence-electron chi connectivity index (χ0n) is 19.1. The summed E-state index contributed by atoms with van der Waals surface area (Å²) < 4.78 is 0.727. The Morgan fingerprint density at radius 1 is 1.21 bits per heavy atom. The molecule has 8 nitrogen and oxygen atoms in total. The Morgan fingerprint density at radius 3 is 2.74 bits per heavy atom. The van der Waals surface area contributed by atoms with E-state index in [9.17, 15) is 19.9 Å². The van der Waals surface area contributed by atoms with Crippen molar-refractivity contribution in [3.63, 3.8) is 0 Å². The minimum absolute atomic E-state index is 0.155. The summed E-state index contributed by atoms with van der Waals surface area (Å²) in [6, 6.07) is 14.1. The van der Waals surface area contributed by atoms with Crippen molar-refractivity contribution in [2.75, 3.05) is 4.90 Å². The van der Waals surface area contributed by atoms with Gasteiger partial charge in [0.05, 0.1) is 11.3 Å². The lowest BCUT2D eigenvalue weighted by Crippen LogP contribution is -2.47. The zero-order chi connectivity index (χ0) is 24.0. The van der Waals surface area contributed by atoms with Gasteiger partial charge in [0.1, 0.15) is 11.7 Å². The summed E-state index contributed by atoms with van der Waals surface area (Å²) in [5.74, 6) is -0.968. The van der Waals surface area contributed by atoms with E-state index < -0.39 is 11.5 Å². The van der Waals surface area contributed by atoms with Gasteiger partial charge >= 0.3 is 0 Å². The van der Waals surface area contributed by atoms with Crippen molar-refractivity contribution < 1.29 is 19.4 Å². The molecule has 1 aliphatic carbocycles. The van der Waals surface area contributed by atoms with Crippen molar-refractivity contribution in [2.45, 2.75) is 44.8 Å². The lowest BCUT2D eigenvalue weighted by Gasteiger charge is -2.32. The number of nitrogens with zero attached hydrogens (tertiary/aromatic N) is 3. The minimum atomic E-state index is -1.12. The number of benzene rings is 1. The maximum absolute atomic E-state index is 13.6. The molecule has 2 aromatic heterocycles. The number of fused-ring (bicyclic) bond motifs is 1. The number of aromatic nitrogens is 2. The second kappa shape index (κ2) is 8.22. The first-order chi connectivity index (χ1) is 16.2. The number of nitrogens with one attached hydrogen (secondary N) is 1. The number of carbonyl (C=O) groups is 2. The molecule has 0 saturated heterocycles. The second-order valence-corrected chi connectivity index (χ2v) is 9.44. The normalized spacial score (nSPS) is 17.9. The molecule has 1 saturated carbocycles. The Balaban J connectivity index is 1.56. The van der Waals surface area contributed by atoms with Gasteiger partial charge in [-0.15, -0.1) is 0 Å². The second-order valence-electron chi connectivity index (χ2n) is 9.44. The fourth-order valence-corrected chi connectivity index (χ4v) is 4.22. The van der Waals surface area contributed by atoms with Crippen LogP contribution in [-0.4, -0.2) is 27.9 Å². The van der Waals surface area contributed by atoms with Crippen molar-refractivity contribution in [1.29, 1.82) is 0 Å². The topological polar surface area (TPSA) is 109 Å². The van der Waals surface area contributed by atoms with E-state index in [1.165, 1.54) is 11.1 Å². The molecule has 5 rings (SSSR count). The van der Waals surface area contributed by atoms with E-state index in [4.69, 9.17) is 0 Å². The van der Waals surface area contributed by atoms with Crippen molar-refractivity contribution in [3.05, 3.63) is 77.3 Å². The van der Waals surface area contributed by atoms with Gasteiger partial charge in [-0.05, 0) is 68.5 Å². The highest BCUT2D eigenvalue weighted by molar-refractivity contribution is 6.13. The molecule has 0 radical (unpaired) electrons. The van der Waals surface area contributed by atoms with Gasteiger partial charge in [-0.3, -0.25) is 14.5 Å². The first kappa shape index (κ1) is 22.0. The van der Waals surface area contributed by atoms with Gasteiger partial charge in [-0.25, -0.2) is 4.98 Å². The average Bonchev–Trinajstić information content (AvgIpc) is 3.62. The van der Waals surface area contributed by atoms with Crippen LogP contribution >= 0.6 is 0 Å². The molecule has 1 aliphatic heterocycles. The van der Waals surface area contributed by atoms with Crippen LogP contribution in [-0.2, 0) is 21.6 Å². The lowest BCUT2D eigenvalue weighted by atomic mass is 9.92. The highest BCUT2D eigenvalue weighted by atomic mass is 16.5. The molecular formula is C26H26N4O4. The molecule has 3 heterocycles. The van der Waals surface area contributed by atoms with Crippen LogP contribution in [0.1, 0.15) is 37.8 Å². The number of carbonyl (C=O) groups excluding carboxylic acids is 2. The third-order valence-corrected chi connectivity index (χ3v) is 6.29. The van der Waals surface area contributed by atoms with Gasteiger partial charge in [0, 0.05) is 29.9 Å². The maximum atomic E-state index is 13.6. The Hall–Kier alpha value is -3.78. The summed E-state index contributed by atoms with van der Waals surface area (Å²) in [4.78, 5) is 32.3. The first-order valence-corrected chi connectivity index (χ1v) is 11.4. The predicted octanol–water partition coefficient (Wildman–Crippen LogP) is 2.73. The largest absolute Gasteiger partial charge is 0.618 e. The molecule has 1 atom stereocenters. The van der Waals surface area contributed by atoms with Crippen LogP contribution < -0.4 is 14.9 Å². The fourth-order valence-electron chi connectivity index (χ4n) is 4.22.